The highest BCUT2D eigenvalue weighted by molar-refractivity contribution is 6.62. The van der Waals surface area contributed by atoms with Gasteiger partial charge in [-0.25, -0.2) is 4.98 Å². The number of hydrogen-bond donors (Lipinski definition) is 0. The van der Waals surface area contributed by atoms with E-state index in [9.17, 15) is 0 Å². The standard InChI is InChI=1S/C38H35BN2O3/c1-37(2)38(3,4)44-39(43-37)29-15-12-14-27(23-29)32-24-28(25-33(40-32)31-17-8-11-20-36(31)42-5)30-16-7-10-19-35(30)41-22-21-26-13-6-9-18-34(26)41/h6-25H,1-5H3. The Morgan fingerprint density at radius 1 is 0.659 bits per heavy atom. The molecule has 0 unspecified atom stereocenters. The van der Waals surface area contributed by atoms with Gasteiger partial charge in [-0.15, -0.1) is 0 Å². The van der Waals surface area contributed by atoms with E-state index in [-0.39, 0.29) is 0 Å². The van der Waals surface area contributed by atoms with Crippen molar-refractivity contribution in [2.45, 2.75) is 38.9 Å². The molecule has 0 aliphatic carbocycles. The van der Waals surface area contributed by atoms with Crippen LogP contribution in [0.25, 0.3) is 50.2 Å². The Morgan fingerprint density at radius 2 is 1.34 bits per heavy atom. The fourth-order valence-electron chi connectivity index (χ4n) is 5.87. The third kappa shape index (κ3) is 4.90. The van der Waals surface area contributed by atoms with Crippen LogP contribution >= 0.6 is 0 Å². The van der Waals surface area contributed by atoms with Crippen molar-refractivity contribution < 1.29 is 14.0 Å². The Balaban J connectivity index is 1.40. The first-order valence-corrected chi connectivity index (χ1v) is 15.0. The van der Waals surface area contributed by atoms with Gasteiger partial charge >= 0.3 is 7.12 Å². The molecule has 0 N–H and O–H groups in total. The molecule has 218 valence electrons. The van der Waals surface area contributed by atoms with Gasteiger partial charge in [-0.2, -0.15) is 0 Å². The number of benzene rings is 4. The number of nitrogens with zero attached hydrogens (tertiary/aromatic N) is 2. The SMILES string of the molecule is COc1ccccc1-c1cc(-c2ccccc2-n2ccc3ccccc32)cc(-c2cccc(B3OC(C)(C)C(C)(C)O3)c2)n1. The first kappa shape index (κ1) is 28.1. The summed E-state index contributed by atoms with van der Waals surface area (Å²) in [6.07, 6.45) is 2.14. The van der Waals surface area contributed by atoms with Crippen molar-refractivity contribution in [3.63, 3.8) is 0 Å². The molecule has 2 aromatic heterocycles. The highest BCUT2D eigenvalue weighted by atomic mass is 16.7. The number of rotatable bonds is 6. The highest BCUT2D eigenvalue weighted by Gasteiger charge is 2.51. The minimum absolute atomic E-state index is 0.421. The average molecular weight is 579 g/mol. The predicted molar refractivity (Wildman–Crippen MR) is 180 cm³/mol. The minimum Gasteiger partial charge on any atom is -0.496 e. The second kappa shape index (κ2) is 10.8. The van der Waals surface area contributed by atoms with Crippen LogP contribution in [0.4, 0.5) is 0 Å². The lowest BCUT2D eigenvalue weighted by atomic mass is 9.78. The van der Waals surface area contributed by atoms with E-state index < -0.39 is 18.3 Å². The molecule has 0 saturated carbocycles. The van der Waals surface area contributed by atoms with Crippen LogP contribution in [-0.4, -0.2) is 35.0 Å². The molecule has 0 bridgehead atoms. The summed E-state index contributed by atoms with van der Waals surface area (Å²) in [6, 6.07) is 39.8. The maximum Gasteiger partial charge on any atom is 0.494 e. The normalized spacial score (nSPS) is 15.5. The van der Waals surface area contributed by atoms with Crippen LogP contribution in [0, 0.1) is 0 Å². The molecular weight excluding hydrogens is 543 g/mol. The molecule has 6 heteroatoms. The van der Waals surface area contributed by atoms with Gasteiger partial charge in [0.15, 0.2) is 0 Å². The number of fused-ring (bicyclic) bond motifs is 1. The lowest BCUT2D eigenvalue weighted by Gasteiger charge is -2.32. The molecule has 1 aliphatic rings. The first-order valence-electron chi connectivity index (χ1n) is 15.0. The fraction of sp³-hybridized carbons (Fsp3) is 0.184. The summed E-state index contributed by atoms with van der Waals surface area (Å²) >= 11 is 0. The second-order valence-corrected chi connectivity index (χ2v) is 12.3. The summed E-state index contributed by atoms with van der Waals surface area (Å²) < 4.78 is 20.8. The zero-order chi connectivity index (χ0) is 30.5. The molecule has 0 amide bonds. The van der Waals surface area contributed by atoms with E-state index in [4.69, 9.17) is 19.0 Å². The van der Waals surface area contributed by atoms with E-state index in [0.29, 0.717) is 0 Å². The van der Waals surface area contributed by atoms with Gasteiger partial charge in [0.05, 0.1) is 40.9 Å². The molecule has 1 aliphatic heterocycles. The molecule has 4 aromatic carbocycles. The number of hydrogen-bond acceptors (Lipinski definition) is 4. The van der Waals surface area contributed by atoms with Gasteiger partial charge in [-0.3, -0.25) is 0 Å². The predicted octanol–water partition coefficient (Wildman–Crippen LogP) is 8.33. The lowest BCUT2D eigenvalue weighted by molar-refractivity contribution is 0.00578. The Bertz CT molecular complexity index is 1980. The topological polar surface area (TPSA) is 45.5 Å². The molecule has 0 spiro atoms. The average Bonchev–Trinajstić information content (AvgIpc) is 3.57. The van der Waals surface area contributed by atoms with Crippen molar-refractivity contribution in [2.75, 3.05) is 7.11 Å². The molecule has 6 aromatic rings. The zero-order valence-electron chi connectivity index (χ0n) is 25.7. The van der Waals surface area contributed by atoms with E-state index in [0.717, 1.165) is 56.1 Å². The highest BCUT2D eigenvalue weighted by Crippen LogP contribution is 2.38. The number of para-hydroxylation sites is 3. The van der Waals surface area contributed by atoms with E-state index in [1.54, 1.807) is 7.11 Å². The first-order chi connectivity index (χ1) is 21.2. The lowest BCUT2D eigenvalue weighted by Crippen LogP contribution is -2.41. The molecule has 3 heterocycles. The largest absolute Gasteiger partial charge is 0.496 e. The molecule has 1 fully saturated rings. The number of methoxy groups -OCH3 is 1. The van der Waals surface area contributed by atoms with E-state index in [2.05, 4.69) is 129 Å². The monoisotopic (exact) mass is 578 g/mol. The molecular formula is C38H35BN2O3. The second-order valence-electron chi connectivity index (χ2n) is 12.3. The summed E-state index contributed by atoms with van der Waals surface area (Å²) in [6.45, 7) is 8.30. The van der Waals surface area contributed by atoms with E-state index in [1.807, 2.05) is 24.3 Å². The molecule has 5 nitrogen and oxygen atoms in total. The number of ether oxygens (including phenoxy) is 1. The van der Waals surface area contributed by atoms with Crippen LogP contribution in [0.3, 0.4) is 0 Å². The molecule has 0 radical (unpaired) electrons. The third-order valence-corrected chi connectivity index (χ3v) is 8.99. The Hall–Kier alpha value is -4.65. The maximum atomic E-state index is 6.39. The summed E-state index contributed by atoms with van der Waals surface area (Å²) in [5.41, 5.74) is 8.16. The van der Waals surface area contributed by atoms with Crippen LogP contribution in [0.15, 0.2) is 121 Å². The van der Waals surface area contributed by atoms with Gasteiger partial charge in [0.25, 0.3) is 0 Å². The quantitative estimate of drug-likeness (QED) is 0.187. The minimum atomic E-state index is -0.459. The van der Waals surface area contributed by atoms with Gasteiger partial charge in [0, 0.05) is 17.3 Å². The van der Waals surface area contributed by atoms with Crippen molar-refractivity contribution in [3.8, 4) is 45.1 Å². The summed E-state index contributed by atoms with van der Waals surface area (Å²) in [4.78, 5) is 5.21. The summed E-state index contributed by atoms with van der Waals surface area (Å²) in [7, 11) is 1.24. The third-order valence-electron chi connectivity index (χ3n) is 8.99. The van der Waals surface area contributed by atoms with Crippen LogP contribution < -0.4 is 10.2 Å². The molecule has 0 atom stereocenters. The van der Waals surface area contributed by atoms with Gasteiger partial charge < -0.3 is 18.6 Å². The molecule has 7 rings (SSSR count). The number of aromatic nitrogens is 2. The maximum absolute atomic E-state index is 6.39. The molecule has 44 heavy (non-hydrogen) atoms. The van der Waals surface area contributed by atoms with Crippen LogP contribution in [-0.2, 0) is 9.31 Å². The summed E-state index contributed by atoms with van der Waals surface area (Å²) in [5, 5.41) is 1.20. The van der Waals surface area contributed by atoms with Crippen molar-refractivity contribution >= 4 is 23.5 Å². The van der Waals surface area contributed by atoms with Crippen LogP contribution in [0.5, 0.6) is 5.75 Å². The van der Waals surface area contributed by atoms with Gasteiger partial charge in [0.1, 0.15) is 5.75 Å². The van der Waals surface area contributed by atoms with Crippen LogP contribution in [0.1, 0.15) is 27.7 Å². The van der Waals surface area contributed by atoms with Crippen molar-refractivity contribution in [2.24, 2.45) is 0 Å². The van der Waals surface area contributed by atoms with Crippen molar-refractivity contribution in [3.05, 3.63) is 121 Å². The fourth-order valence-corrected chi connectivity index (χ4v) is 5.87. The van der Waals surface area contributed by atoms with Gasteiger partial charge in [-0.05, 0) is 92.1 Å². The number of pyridine rings is 1. The summed E-state index contributed by atoms with van der Waals surface area (Å²) in [5.74, 6) is 0.777. The van der Waals surface area contributed by atoms with Crippen molar-refractivity contribution in [1.82, 2.24) is 9.55 Å². The van der Waals surface area contributed by atoms with Gasteiger partial charge in [0.2, 0.25) is 0 Å². The van der Waals surface area contributed by atoms with Crippen LogP contribution in [0.2, 0.25) is 0 Å². The Kier molecular flexibility index (Phi) is 6.92. The Morgan fingerprint density at radius 3 is 2.14 bits per heavy atom. The van der Waals surface area contributed by atoms with E-state index in [1.165, 1.54) is 5.39 Å². The zero-order valence-corrected chi connectivity index (χ0v) is 25.7. The molecule has 1 saturated heterocycles. The Labute approximate surface area is 259 Å². The smallest absolute Gasteiger partial charge is 0.494 e. The van der Waals surface area contributed by atoms with E-state index >= 15 is 0 Å². The van der Waals surface area contributed by atoms with Crippen molar-refractivity contribution in [1.29, 1.82) is 0 Å². The van der Waals surface area contributed by atoms with Gasteiger partial charge in [-0.1, -0.05) is 72.8 Å².